The Labute approximate surface area is 212 Å². The summed E-state index contributed by atoms with van der Waals surface area (Å²) in [5.74, 6) is 0.190. The minimum Gasteiger partial charge on any atom is -0.507 e. The first-order valence-corrected chi connectivity index (χ1v) is 12.1. The zero-order chi connectivity index (χ0) is 26.4. The fourth-order valence-corrected chi connectivity index (χ4v) is 4.69. The first kappa shape index (κ1) is 25.4. The van der Waals surface area contributed by atoms with Crippen LogP contribution in [0.5, 0.6) is 17.2 Å². The molecule has 1 aromatic heterocycles. The van der Waals surface area contributed by atoms with Crippen molar-refractivity contribution < 1.29 is 19.4 Å². The Kier molecular flexibility index (Phi) is 6.38. The minimum absolute atomic E-state index is 0.106. The van der Waals surface area contributed by atoms with E-state index in [4.69, 9.17) is 9.15 Å². The van der Waals surface area contributed by atoms with Crippen molar-refractivity contribution in [2.45, 2.75) is 58.3 Å². The number of para-hydroxylation sites is 1. The number of aromatic hydroxyl groups is 2. The average molecular weight is 487 g/mol. The van der Waals surface area contributed by atoms with Gasteiger partial charge in [-0.2, -0.15) is 0 Å². The Balaban J connectivity index is 2.11. The second-order valence-corrected chi connectivity index (χ2v) is 11.3. The van der Waals surface area contributed by atoms with Crippen LogP contribution in [0.3, 0.4) is 0 Å². The standard InChI is InChI=1S/C31H34O5/c1-30(2,3)22-16-19(17-23(28(22)33)31(4,5)6)25(18-12-14-20(35-7)15-13-18)26-27(32)21-10-8-9-11-24(21)36-29(26)34/h8-17,25,32-33H,1-7H3. The van der Waals surface area contributed by atoms with Crippen LogP contribution in [0.4, 0.5) is 0 Å². The molecule has 1 atom stereocenters. The molecule has 1 heterocycles. The largest absolute Gasteiger partial charge is 0.507 e. The molecule has 2 N–H and O–H groups in total. The maximum atomic E-state index is 13.4. The number of hydrogen-bond donors (Lipinski definition) is 2. The van der Waals surface area contributed by atoms with E-state index in [1.165, 1.54) is 0 Å². The smallest absolute Gasteiger partial charge is 0.344 e. The van der Waals surface area contributed by atoms with Crippen LogP contribution >= 0.6 is 0 Å². The summed E-state index contributed by atoms with van der Waals surface area (Å²) in [4.78, 5) is 13.4. The van der Waals surface area contributed by atoms with Crippen LogP contribution in [-0.2, 0) is 10.8 Å². The van der Waals surface area contributed by atoms with E-state index in [-0.39, 0.29) is 27.9 Å². The van der Waals surface area contributed by atoms with Crippen LogP contribution in [0.25, 0.3) is 11.0 Å². The van der Waals surface area contributed by atoms with Gasteiger partial charge in [0.05, 0.1) is 18.1 Å². The number of ether oxygens (including phenoxy) is 1. The molecular weight excluding hydrogens is 452 g/mol. The Morgan fingerprint density at radius 1 is 0.778 bits per heavy atom. The van der Waals surface area contributed by atoms with Gasteiger partial charge in [0.2, 0.25) is 0 Å². The van der Waals surface area contributed by atoms with E-state index < -0.39 is 11.5 Å². The lowest BCUT2D eigenvalue weighted by Gasteiger charge is -2.30. The Morgan fingerprint density at radius 2 is 1.33 bits per heavy atom. The predicted molar refractivity (Wildman–Crippen MR) is 144 cm³/mol. The highest BCUT2D eigenvalue weighted by Crippen LogP contribution is 2.45. The number of fused-ring (bicyclic) bond motifs is 1. The van der Waals surface area contributed by atoms with Crippen molar-refractivity contribution in [3.63, 3.8) is 0 Å². The molecule has 4 rings (SSSR count). The van der Waals surface area contributed by atoms with Gasteiger partial charge < -0.3 is 19.4 Å². The molecule has 0 saturated carbocycles. The second kappa shape index (κ2) is 9.05. The molecule has 0 aliphatic heterocycles. The third-order valence-corrected chi connectivity index (χ3v) is 6.64. The molecule has 5 heteroatoms. The highest BCUT2D eigenvalue weighted by molar-refractivity contribution is 5.84. The lowest BCUT2D eigenvalue weighted by molar-refractivity contribution is 0.414. The van der Waals surface area contributed by atoms with E-state index >= 15 is 0 Å². The Hall–Kier alpha value is -3.73. The second-order valence-electron chi connectivity index (χ2n) is 11.3. The average Bonchev–Trinajstić information content (AvgIpc) is 2.81. The first-order valence-electron chi connectivity index (χ1n) is 12.1. The molecule has 0 radical (unpaired) electrons. The number of methoxy groups -OCH3 is 1. The molecule has 0 saturated heterocycles. The third-order valence-electron chi connectivity index (χ3n) is 6.64. The monoisotopic (exact) mass is 486 g/mol. The number of phenolic OH excluding ortho intramolecular Hbond substituents is 1. The van der Waals surface area contributed by atoms with Gasteiger partial charge in [-0.3, -0.25) is 0 Å². The lowest BCUT2D eigenvalue weighted by atomic mass is 9.75. The highest BCUT2D eigenvalue weighted by atomic mass is 16.5. The van der Waals surface area contributed by atoms with Crippen LogP contribution in [0.2, 0.25) is 0 Å². The van der Waals surface area contributed by atoms with Gasteiger partial charge in [-0.05, 0) is 57.3 Å². The van der Waals surface area contributed by atoms with E-state index in [2.05, 4.69) is 0 Å². The number of hydrogen-bond acceptors (Lipinski definition) is 5. The van der Waals surface area contributed by atoms with Crippen LogP contribution < -0.4 is 10.4 Å². The summed E-state index contributed by atoms with van der Waals surface area (Å²) in [6.07, 6.45) is 0. The summed E-state index contributed by atoms with van der Waals surface area (Å²) in [5.41, 5.74) is 2.28. The van der Waals surface area contributed by atoms with Crippen molar-refractivity contribution in [2.75, 3.05) is 7.11 Å². The molecular formula is C31H34O5. The topological polar surface area (TPSA) is 79.9 Å². The van der Waals surface area contributed by atoms with Crippen LogP contribution in [0.15, 0.2) is 69.9 Å². The van der Waals surface area contributed by atoms with Gasteiger partial charge in [-0.15, -0.1) is 0 Å². The van der Waals surface area contributed by atoms with Gasteiger partial charge in [-0.25, -0.2) is 4.79 Å². The Bertz CT molecular complexity index is 1430. The van der Waals surface area contributed by atoms with Gasteiger partial charge in [0.15, 0.2) is 0 Å². The number of benzene rings is 3. The molecule has 36 heavy (non-hydrogen) atoms. The van der Waals surface area contributed by atoms with E-state index in [1.54, 1.807) is 31.4 Å². The van der Waals surface area contributed by atoms with E-state index in [0.717, 1.165) is 22.3 Å². The molecule has 0 aliphatic carbocycles. The molecule has 0 spiro atoms. The van der Waals surface area contributed by atoms with Gasteiger partial charge in [-0.1, -0.05) is 77.9 Å². The summed E-state index contributed by atoms with van der Waals surface area (Å²) in [6, 6.07) is 18.3. The van der Waals surface area contributed by atoms with Crippen molar-refractivity contribution in [1.29, 1.82) is 0 Å². The zero-order valence-corrected chi connectivity index (χ0v) is 22.0. The molecule has 4 aromatic rings. The third kappa shape index (κ3) is 4.58. The van der Waals surface area contributed by atoms with Crippen molar-refractivity contribution in [3.8, 4) is 17.2 Å². The van der Waals surface area contributed by atoms with Crippen molar-refractivity contribution in [3.05, 3.63) is 98.9 Å². The SMILES string of the molecule is COc1ccc(C(c2cc(C(C)(C)C)c(O)c(C(C)(C)C)c2)c2c(O)c3ccccc3oc2=O)cc1. The van der Waals surface area contributed by atoms with Crippen molar-refractivity contribution >= 4 is 11.0 Å². The van der Waals surface area contributed by atoms with Gasteiger partial charge in [0.25, 0.3) is 0 Å². The lowest BCUT2D eigenvalue weighted by Crippen LogP contribution is -2.20. The molecule has 1 unspecified atom stereocenters. The van der Waals surface area contributed by atoms with E-state index in [9.17, 15) is 15.0 Å². The number of rotatable bonds is 4. The van der Waals surface area contributed by atoms with E-state index in [1.807, 2.05) is 77.9 Å². The van der Waals surface area contributed by atoms with Gasteiger partial charge in [0.1, 0.15) is 22.8 Å². The molecule has 0 bridgehead atoms. The van der Waals surface area contributed by atoms with E-state index in [0.29, 0.717) is 16.7 Å². The molecule has 0 fully saturated rings. The molecule has 188 valence electrons. The molecule has 3 aromatic carbocycles. The Morgan fingerprint density at radius 3 is 1.86 bits per heavy atom. The zero-order valence-electron chi connectivity index (χ0n) is 22.0. The summed E-state index contributed by atoms with van der Waals surface area (Å²) in [5, 5.41) is 23.2. The van der Waals surface area contributed by atoms with Gasteiger partial charge >= 0.3 is 5.63 Å². The predicted octanol–water partition coefficient (Wildman–Crippen LogP) is 6.99. The van der Waals surface area contributed by atoms with Crippen LogP contribution in [0.1, 0.15) is 75.3 Å². The maximum absolute atomic E-state index is 13.4. The molecule has 5 nitrogen and oxygen atoms in total. The maximum Gasteiger partial charge on any atom is 0.344 e. The normalized spacial score (nSPS) is 13.1. The molecule has 0 aliphatic rings. The number of phenols is 1. The summed E-state index contributed by atoms with van der Waals surface area (Å²) in [7, 11) is 1.60. The summed E-state index contributed by atoms with van der Waals surface area (Å²) in [6.45, 7) is 12.3. The van der Waals surface area contributed by atoms with Crippen molar-refractivity contribution in [1.82, 2.24) is 0 Å². The van der Waals surface area contributed by atoms with Crippen molar-refractivity contribution in [2.24, 2.45) is 0 Å². The van der Waals surface area contributed by atoms with Gasteiger partial charge in [0, 0.05) is 5.92 Å². The summed E-state index contributed by atoms with van der Waals surface area (Å²) >= 11 is 0. The fraction of sp³-hybridized carbons (Fsp3) is 0.323. The fourth-order valence-electron chi connectivity index (χ4n) is 4.69. The summed E-state index contributed by atoms with van der Waals surface area (Å²) < 4.78 is 11.0. The molecule has 0 amide bonds. The quantitative estimate of drug-likeness (QED) is 0.304. The van der Waals surface area contributed by atoms with Crippen LogP contribution in [-0.4, -0.2) is 17.3 Å². The first-order chi connectivity index (χ1) is 16.8. The highest BCUT2D eigenvalue weighted by Gasteiger charge is 2.32. The van der Waals surface area contributed by atoms with Crippen LogP contribution in [0, 0.1) is 0 Å². The minimum atomic E-state index is -0.639.